The minimum Gasteiger partial charge on any atom is -0.496 e. The summed E-state index contributed by atoms with van der Waals surface area (Å²) in [4.78, 5) is 31.1. The number of nitrogens with one attached hydrogen (secondary N) is 1. The van der Waals surface area contributed by atoms with Gasteiger partial charge in [-0.3, -0.25) is 9.59 Å². The smallest absolute Gasteiger partial charge is 0.306 e. The van der Waals surface area contributed by atoms with E-state index in [-0.39, 0.29) is 25.0 Å². The summed E-state index contributed by atoms with van der Waals surface area (Å²) in [5, 5.41) is 1.06. The van der Waals surface area contributed by atoms with E-state index in [4.69, 9.17) is 21.1 Å². The highest BCUT2D eigenvalue weighted by atomic mass is 35.5. The van der Waals surface area contributed by atoms with Crippen LogP contribution in [-0.4, -0.2) is 23.0 Å². The fourth-order valence-corrected chi connectivity index (χ4v) is 2.76. The molecule has 7 heteroatoms. The third-order valence-corrected chi connectivity index (χ3v) is 4.09. The Hall–Kier alpha value is -2.86. The molecule has 0 atom stereocenters. The number of halogens is 1. The second kappa shape index (κ2) is 8.01. The Labute approximate surface area is 154 Å². The highest BCUT2D eigenvalue weighted by Gasteiger charge is 2.10. The lowest BCUT2D eigenvalue weighted by Gasteiger charge is -2.10. The van der Waals surface area contributed by atoms with Gasteiger partial charge in [-0.15, -0.1) is 0 Å². The number of rotatable bonds is 6. The second-order valence-corrected chi connectivity index (χ2v) is 6.08. The molecule has 0 aliphatic rings. The number of carbonyl (C=O) groups excluding carboxylic acids is 1. The lowest BCUT2D eigenvalue weighted by atomic mass is 10.2. The largest absolute Gasteiger partial charge is 0.496 e. The number of esters is 1. The number of para-hydroxylation sites is 1. The SMILES string of the molecule is COc1ccc(Cl)cc1COC(=O)CCc1nc2ccccc2c(=O)[nH]1. The number of aryl methyl sites for hydroxylation is 1. The van der Waals surface area contributed by atoms with Crippen molar-refractivity contribution < 1.29 is 14.3 Å². The van der Waals surface area contributed by atoms with Crippen molar-refractivity contribution in [2.45, 2.75) is 19.4 Å². The zero-order valence-electron chi connectivity index (χ0n) is 14.1. The van der Waals surface area contributed by atoms with Crippen molar-refractivity contribution in [1.29, 1.82) is 0 Å². The highest BCUT2D eigenvalue weighted by molar-refractivity contribution is 6.30. The number of fused-ring (bicyclic) bond motifs is 1. The number of aromatic amines is 1. The Morgan fingerprint density at radius 2 is 2.04 bits per heavy atom. The van der Waals surface area contributed by atoms with E-state index >= 15 is 0 Å². The van der Waals surface area contributed by atoms with Gasteiger partial charge in [0.1, 0.15) is 18.2 Å². The van der Waals surface area contributed by atoms with Gasteiger partial charge in [0.15, 0.2) is 0 Å². The van der Waals surface area contributed by atoms with Gasteiger partial charge in [0, 0.05) is 17.0 Å². The monoisotopic (exact) mass is 372 g/mol. The van der Waals surface area contributed by atoms with Crippen LogP contribution < -0.4 is 10.3 Å². The summed E-state index contributed by atoms with van der Waals surface area (Å²) in [7, 11) is 1.54. The molecule has 0 saturated carbocycles. The second-order valence-electron chi connectivity index (χ2n) is 5.65. The van der Waals surface area contributed by atoms with E-state index in [0.29, 0.717) is 33.1 Å². The zero-order valence-corrected chi connectivity index (χ0v) is 14.9. The Kier molecular flexibility index (Phi) is 5.53. The van der Waals surface area contributed by atoms with E-state index in [0.717, 1.165) is 0 Å². The summed E-state index contributed by atoms with van der Waals surface area (Å²) in [6, 6.07) is 12.2. The number of methoxy groups -OCH3 is 1. The van der Waals surface area contributed by atoms with Crippen molar-refractivity contribution in [1.82, 2.24) is 9.97 Å². The van der Waals surface area contributed by atoms with Crippen LogP contribution in [0.5, 0.6) is 5.75 Å². The first-order valence-corrected chi connectivity index (χ1v) is 8.40. The van der Waals surface area contributed by atoms with Crippen LogP contribution in [0.4, 0.5) is 0 Å². The van der Waals surface area contributed by atoms with Crippen molar-refractivity contribution in [2.24, 2.45) is 0 Å². The Balaban J connectivity index is 1.61. The van der Waals surface area contributed by atoms with Crippen molar-refractivity contribution in [3.8, 4) is 5.75 Å². The summed E-state index contributed by atoms with van der Waals surface area (Å²) in [5.41, 5.74) is 1.07. The highest BCUT2D eigenvalue weighted by Crippen LogP contribution is 2.23. The molecule has 0 bridgehead atoms. The van der Waals surface area contributed by atoms with Gasteiger partial charge < -0.3 is 14.5 Å². The molecule has 2 aromatic carbocycles. The van der Waals surface area contributed by atoms with Crippen LogP contribution in [0.2, 0.25) is 5.02 Å². The number of hydrogen-bond acceptors (Lipinski definition) is 5. The van der Waals surface area contributed by atoms with E-state index in [1.54, 1.807) is 36.4 Å². The molecule has 0 saturated heterocycles. The van der Waals surface area contributed by atoms with Gasteiger partial charge in [-0.2, -0.15) is 0 Å². The molecule has 0 spiro atoms. The average molecular weight is 373 g/mol. The maximum absolute atomic E-state index is 12.0. The number of benzene rings is 2. The molecule has 1 heterocycles. The third kappa shape index (κ3) is 4.21. The minimum absolute atomic E-state index is 0.0598. The van der Waals surface area contributed by atoms with Gasteiger partial charge in [-0.1, -0.05) is 23.7 Å². The number of H-pyrrole nitrogens is 1. The molecule has 1 aromatic heterocycles. The van der Waals surface area contributed by atoms with Crippen LogP contribution in [0.3, 0.4) is 0 Å². The Bertz CT molecular complexity index is 1000. The van der Waals surface area contributed by atoms with Gasteiger partial charge in [0.25, 0.3) is 5.56 Å². The predicted molar refractivity (Wildman–Crippen MR) is 98.5 cm³/mol. The van der Waals surface area contributed by atoms with Crippen LogP contribution in [0.1, 0.15) is 17.8 Å². The summed E-state index contributed by atoms with van der Waals surface area (Å²) < 4.78 is 10.5. The van der Waals surface area contributed by atoms with Crippen LogP contribution >= 0.6 is 11.6 Å². The third-order valence-electron chi connectivity index (χ3n) is 3.86. The molecule has 0 unspecified atom stereocenters. The number of ether oxygens (including phenoxy) is 2. The van der Waals surface area contributed by atoms with Gasteiger partial charge in [-0.05, 0) is 30.3 Å². The normalized spacial score (nSPS) is 10.7. The quantitative estimate of drug-likeness (QED) is 0.671. The number of carbonyl (C=O) groups is 1. The molecule has 134 valence electrons. The minimum atomic E-state index is -0.400. The first kappa shape index (κ1) is 17.9. The molecule has 3 aromatic rings. The van der Waals surface area contributed by atoms with Gasteiger partial charge in [-0.25, -0.2) is 4.98 Å². The maximum Gasteiger partial charge on any atom is 0.306 e. The number of hydrogen-bond donors (Lipinski definition) is 1. The van der Waals surface area contributed by atoms with E-state index in [1.807, 2.05) is 6.07 Å². The van der Waals surface area contributed by atoms with Gasteiger partial charge in [0.2, 0.25) is 0 Å². The summed E-state index contributed by atoms with van der Waals surface area (Å²) in [5.74, 6) is 0.650. The fourth-order valence-electron chi connectivity index (χ4n) is 2.56. The van der Waals surface area contributed by atoms with Crippen molar-refractivity contribution >= 4 is 28.5 Å². The summed E-state index contributed by atoms with van der Waals surface area (Å²) >= 11 is 5.95. The Morgan fingerprint density at radius 1 is 1.23 bits per heavy atom. The van der Waals surface area contributed by atoms with E-state index in [2.05, 4.69) is 9.97 Å². The molecule has 0 fully saturated rings. The van der Waals surface area contributed by atoms with Gasteiger partial charge >= 0.3 is 5.97 Å². The lowest BCUT2D eigenvalue weighted by Crippen LogP contribution is -2.14. The van der Waals surface area contributed by atoms with Gasteiger partial charge in [0.05, 0.1) is 24.4 Å². The standard InChI is InChI=1S/C19H17ClN2O4/c1-25-16-7-6-13(20)10-12(16)11-26-18(23)9-8-17-21-15-5-3-2-4-14(15)19(24)22-17/h2-7,10H,8-9,11H2,1H3,(H,21,22,24). The van der Waals surface area contributed by atoms with Crippen LogP contribution in [0, 0.1) is 0 Å². The average Bonchev–Trinajstić information content (AvgIpc) is 2.65. The topological polar surface area (TPSA) is 81.3 Å². The van der Waals surface area contributed by atoms with Crippen molar-refractivity contribution in [2.75, 3.05) is 7.11 Å². The van der Waals surface area contributed by atoms with Crippen molar-refractivity contribution in [3.63, 3.8) is 0 Å². The number of nitrogens with zero attached hydrogens (tertiary/aromatic N) is 1. The van der Waals surface area contributed by atoms with Crippen LogP contribution in [-0.2, 0) is 22.6 Å². The lowest BCUT2D eigenvalue weighted by molar-refractivity contribution is -0.144. The van der Waals surface area contributed by atoms with Crippen LogP contribution in [0.15, 0.2) is 47.3 Å². The number of aromatic nitrogens is 2. The van der Waals surface area contributed by atoms with Crippen LogP contribution in [0.25, 0.3) is 10.9 Å². The molecule has 6 nitrogen and oxygen atoms in total. The van der Waals surface area contributed by atoms with E-state index in [9.17, 15) is 9.59 Å². The molecular weight excluding hydrogens is 356 g/mol. The molecule has 26 heavy (non-hydrogen) atoms. The first-order valence-electron chi connectivity index (χ1n) is 8.03. The Morgan fingerprint density at radius 3 is 2.85 bits per heavy atom. The summed E-state index contributed by atoms with van der Waals surface area (Å²) in [6.07, 6.45) is 0.385. The molecule has 3 rings (SSSR count). The first-order chi connectivity index (χ1) is 12.6. The summed E-state index contributed by atoms with van der Waals surface area (Å²) in [6.45, 7) is 0.0598. The molecule has 0 amide bonds. The molecule has 0 aliphatic carbocycles. The fraction of sp³-hybridized carbons (Fsp3) is 0.211. The maximum atomic E-state index is 12.0. The zero-order chi connectivity index (χ0) is 18.5. The molecule has 0 radical (unpaired) electrons. The molecule has 0 aliphatic heterocycles. The van der Waals surface area contributed by atoms with Crippen molar-refractivity contribution in [3.05, 3.63) is 69.2 Å². The predicted octanol–water partition coefficient (Wildman–Crippen LogP) is 3.26. The van der Waals surface area contributed by atoms with E-state index < -0.39 is 5.97 Å². The van der Waals surface area contributed by atoms with E-state index in [1.165, 1.54) is 7.11 Å². The molecular formula is C19H17ClN2O4. The molecule has 1 N–H and O–H groups in total.